The van der Waals surface area contributed by atoms with Crippen LogP contribution in [0, 0.1) is 0 Å². The molecule has 1 aromatic rings. The lowest BCUT2D eigenvalue weighted by atomic mass is 9.96. The predicted molar refractivity (Wildman–Crippen MR) is 101 cm³/mol. The first-order valence-corrected chi connectivity index (χ1v) is 10.7. The van der Waals surface area contributed by atoms with Crippen LogP contribution in [0.25, 0.3) is 0 Å². The lowest BCUT2D eigenvalue weighted by Crippen LogP contribution is -2.49. The van der Waals surface area contributed by atoms with Crippen molar-refractivity contribution in [2.75, 3.05) is 5.75 Å². The summed E-state index contributed by atoms with van der Waals surface area (Å²) in [5.74, 6) is 0.103. The highest BCUT2D eigenvalue weighted by molar-refractivity contribution is 7.94. The molecule has 6 heteroatoms. The molecule has 0 radical (unpaired) electrons. The molecule has 1 saturated carbocycles. The van der Waals surface area contributed by atoms with Crippen molar-refractivity contribution in [1.82, 2.24) is 10.2 Å². The normalized spacial score (nSPS) is 23.1. The molecule has 1 aliphatic heterocycles. The number of benzene rings is 1. The number of thiocarbonyl (C=S) groups is 1. The van der Waals surface area contributed by atoms with Crippen LogP contribution in [-0.2, 0) is 16.4 Å². The summed E-state index contributed by atoms with van der Waals surface area (Å²) in [4.78, 5) is 2.01. The molecule has 4 nitrogen and oxygen atoms in total. The van der Waals surface area contributed by atoms with Crippen molar-refractivity contribution in [3.05, 3.63) is 47.4 Å². The van der Waals surface area contributed by atoms with Gasteiger partial charge in [-0.05, 0) is 36.7 Å². The second-order valence-corrected chi connectivity index (χ2v) is 8.94. The Morgan fingerprint density at radius 1 is 1.17 bits per heavy atom. The highest BCUT2D eigenvalue weighted by atomic mass is 32.2. The molecule has 130 valence electrons. The van der Waals surface area contributed by atoms with Crippen LogP contribution in [0.2, 0.25) is 0 Å². The molecular formula is C18H24N2O2S2. The molecule has 0 bridgehead atoms. The van der Waals surface area contributed by atoms with Crippen molar-refractivity contribution >= 4 is 27.2 Å². The SMILES string of the molecule is O=S1(=O)C=C[C@@H](N(Cc2ccccc2)C(=S)NC2CCCCC2)C1. The van der Waals surface area contributed by atoms with Crippen LogP contribution in [0.4, 0.5) is 0 Å². The van der Waals surface area contributed by atoms with Gasteiger partial charge in [0.1, 0.15) is 0 Å². The van der Waals surface area contributed by atoms with E-state index in [1.807, 2.05) is 35.2 Å². The third-order valence-corrected chi connectivity index (χ3v) is 6.43. The van der Waals surface area contributed by atoms with E-state index in [0.717, 1.165) is 18.4 Å². The molecular weight excluding hydrogens is 340 g/mol. The largest absolute Gasteiger partial charge is 0.360 e. The fourth-order valence-electron chi connectivity index (χ4n) is 3.38. The Morgan fingerprint density at radius 2 is 1.88 bits per heavy atom. The highest BCUT2D eigenvalue weighted by Crippen LogP contribution is 2.21. The van der Waals surface area contributed by atoms with Crippen molar-refractivity contribution in [2.24, 2.45) is 0 Å². The zero-order valence-electron chi connectivity index (χ0n) is 13.7. The molecule has 1 aromatic carbocycles. The van der Waals surface area contributed by atoms with Gasteiger partial charge in [0.15, 0.2) is 14.9 Å². The van der Waals surface area contributed by atoms with E-state index in [-0.39, 0.29) is 11.8 Å². The van der Waals surface area contributed by atoms with E-state index in [2.05, 4.69) is 5.32 Å². The Bertz CT molecular complexity index is 695. The topological polar surface area (TPSA) is 49.4 Å². The quantitative estimate of drug-likeness (QED) is 0.833. The maximum Gasteiger partial charge on any atom is 0.173 e. The van der Waals surface area contributed by atoms with Gasteiger partial charge in [-0.1, -0.05) is 49.6 Å². The van der Waals surface area contributed by atoms with Gasteiger partial charge in [-0.15, -0.1) is 0 Å². The van der Waals surface area contributed by atoms with E-state index in [9.17, 15) is 8.42 Å². The highest BCUT2D eigenvalue weighted by Gasteiger charge is 2.29. The zero-order valence-corrected chi connectivity index (χ0v) is 15.4. The van der Waals surface area contributed by atoms with Crippen LogP contribution in [0.1, 0.15) is 37.7 Å². The van der Waals surface area contributed by atoms with Crippen molar-refractivity contribution in [2.45, 2.75) is 50.7 Å². The molecule has 0 unspecified atom stereocenters. The van der Waals surface area contributed by atoms with E-state index < -0.39 is 9.84 Å². The Labute approximate surface area is 149 Å². The fourth-order valence-corrected chi connectivity index (χ4v) is 5.04. The number of hydrogen-bond donors (Lipinski definition) is 1. The van der Waals surface area contributed by atoms with Crippen LogP contribution >= 0.6 is 12.2 Å². The predicted octanol–water partition coefficient (Wildman–Crippen LogP) is 3.01. The summed E-state index contributed by atoms with van der Waals surface area (Å²) >= 11 is 5.65. The van der Waals surface area contributed by atoms with Crippen LogP contribution in [0.15, 0.2) is 41.8 Å². The van der Waals surface area contributed by atoms with E-state index in [1.165, 1.54) is 24.7 Å². The van der Waals surface area contributed by atoms with Crippen LogP contribution in [0.5, 0.6) is 0 Å². The lowest BCUT2D eigenvalue weighted by Gasteiger charge is -2.33. The minimum absolute atomic E-state index is 0.103. The fraction of sp³-hybridized carbons (Fsp3) is 0.500. The first-order valence-electron chi connectivity index (χ1n) is 8.55. The molecule has 0 spiro atoms. The molecule has 1 atom stereocenters. The summed E-state index contributed by atoms with van der Waals surface area (Å²) in [6.07, 6.45) is 7.79. The molecule has 1 heterocycles. The lowest BCUT2D eigenvalue weighted by molar-refractivity contribution is 0.344. The molecule has 0 saturated heterocycles. The molecule has 1 aliphatic carbocycles. The van der Waals surface area contributed by atoms with E-state index in [4.69, 9.17) is 12.2 Å². The maximum atomic E-state index is 11.8. The Kier molecular flexibility index (Phi) is 5.56. The molecule has 2 aliphatic rings. The molecule has 24 heavy (non-hydrogen) atoms. The average Bonchev–Trinajstić information content (AvgIpc) is 2.94. The monoisotopic (exact) mass is 364 g/mol. The first kappa shape index (κ1) is 17.4. The summed E-state index contributed by atoms with van der Waals surface area (Å²) in [5, 5.41) is 5.45. The van der Waals surface area contributed by atoms with Crippen LogP contribution in [-0.4, -0.2) is 36.3 Å². The van der Waals surface area contributed by atoms with Gasteiger partial charge < -0.3 is 10.2 Å². The molecule has 1 N–H and O–H groups in total. The summed E-state index contributed by atoms with van der Waals surface area (Å²) in [7, 11) is -3.11. The minimum atomic E-state index is -3.11. The summed E-state index contributed by atoms with van der Waals surface area (Å²) < 4.78 is 23.7. The zero-order chi connectivity index (χ0) is 17.0. The van der Waals surface area contributed by atoms with E-state index >= 15 is 0 Å². The van der Waals surface area contributed by atoms with Crippen molar-refractivity contribution in [3.63, 3.8) is 0 Å². The second kappa shape index (κ2) is 7.66. The summed E-state index contributed by atoms with van der Waals surface area (Å²) in [6, 6.07) is 10.3. The van der Waals surface area contributed by atoms with E-state index in [0.29, 0.717) is 17.7 Å². The van der Waals surface area contributed by atoms with Crippen molar-refractivity contribution < 1.29 is 8.42 Å². The third kappa shape index (κ3) is 4.57. The summed E-state index contributed by atoms with van der Waals surface area (Å²) in [5.41, 5.74) is 1.13. The molecule has 3 rings (SSSR count). The number of hydrogen-bond acceptors (Lipinski definition) is 3. The number of sulfone groups is 1. The minimum Gasteiger partial charge on any atom is -0.360 e. The van der Waals surface area contributed by atoms with Crippen LogP contribution < -0.4 is 5.32 Å². The van der Waals surface area contributed by atoms with Gasteiger partial charge in [0.05, 0.1) is 11.8 Å². The number of rotatable bonds is 4. The van der Waals surface area contributed by atoms with Gasteiger partial charge >= 0.3 is 0 Å². The molecule has 0 aromatic heterocycles. The van der Waals surface area contributed by atoms with Crippen LogP contribution in [0.3, 0.4) is 0 Å². The summed E-state index contributed by atoms with van der Waals surface area (Å²) in [6.45, 7) is 0.615. The Hall–Kier alpha value is -1.40. The van der Waals surface area contributed by atoms with E-state index in [1.54, 1.807) is 6.08 Å². The smallest absolute Gasteiger partial charge is 0.173 e. The first-order chi connectivity index (χ1) is 11.5. The average molecular weight is 365 g/mol. The van der Waals surface area contributed by atoms with Gasteiger partial charge in [-0.25, -0.2) is 8.42 Å². The Balaban J connectivity index is 1.73. The van der Waals surface area contributed by atoms with Gasteiger partial charge in [-0.2, -0.15) is 0 Å². The van der Waals surface area contributed by atoms with Gasteiger partial charge in [0, 0.05) is 18.0 Å². The van der Waals surface area contributed by atoms with Crippen molar-refractivity contribution in [1.29, 1.82) is 0 Å². The van der Waals surface area contributed by atoms with Gasteiger partial charge in [0.2, 0.25) is 0 Å². The molecule has 0 amide bonds. The van der Waals surface area contributed by atoms with Crippen molar-refractivity contribution in [3.8, 4) is 0 Å². The third-order valence-electron chi connectivity index (χ3n) is 4.70. The van der Waals surface area contributed by atoms with Gasteiger partial charge in [0.25, 0.3) is 0 Å². The standard InChI is InChI=1S/C18H24N2O2S2/c21-24(22)12-11-17(14-24)20(13-15-7-3-1-4-8-15)18(23)19-16-9-5-2-6-10-16/h1,3-4,7-8,11-12,16-17H,2,5-6,9-10,13-14H2,(H,19,23)/t17-/m1/s1. The number of nitrogens with one attached hydrogen (secondary N) is 1. The van der Waals surface area contributed by atoms with Gasteiger partial charge in [-0.3, -0.25) is 0 Å². The molecule has 1 fully saturated rings. The second-order valence-electron chi connectivity index (χ2n) is 6.62. The maximum absolute atomic E-state index is 11.8. The number of nitrogens with zero attached hydrogens (tertiary/aromatic N) is 1. The Morgan fingerprint density at radius 3 is 2.50 bits per heavy atom.